The normalized spacial score (nSPS) is 10.5. The van der Waals surface area contributed by atoms with Crippen molar-refractivity contribution in [1.29, 1.82) is 0 Å². The van der Waals surface area contributed by atoms with Crippen LogP contribution in [0.3, 0.4) is 0 Å². The molecule has 3 nitrogen and oxygen atoms in total. The van der Waals surface area contributed by atoms with Gasteiger partial charge in [-0.3, -0.25) is 5.43 Å². The number of nitrogens with one attached hydrogen (secondary N) is 2. The first-order chi connectivity index (χ1) is 8.75. The van der Waals surface area contributed by atoms with E-state index in [1.54, 1.807) is 35.8 Å². The lowest BCUT2D eigenvalue weighted by Gasteiger charge is -2.07. The molecule has 0 aliphatic rings. The lowest BCUT2D eigenvalue weighted by molar-refractivity contribution is 0.632. The van der Waals surface area contributed by atoms with E-state index in [0.717, 1.165) is 5.56 Å². The van der Waals surface area contributed by atoms with Crippen molar-refractivity contribution in [2.75, 3.05) is 5.32 Å². The topological polar surface area (TPSA) is 36.4 Å². The fourth-order valence-electron chi connectivity index (χ4n) is 1.23. The highest BCUT2D eigenvalue weighted by atomic mass is 32.1. The maximum Gasteiger partial charge on any atom is 0.191 e. The van der Waals surface area contributed by atoms with E-state index >= 15 is 0 Å². The monoisotopic (exact) mass is 279 g/mol. The number of anilines is 1. The molecule has 0 spiro atoms. The number of hydrazone groups is 1. The predicted molar refractivity (Wildman–Crippen MR) is 77.7 cm³/mol. The van der Waals surface area contributed by atoms with Gasteiger partial charge in [0.15, 0.2) is 5.11 Å². The molecule has 18 heavy (non-hydrogen) atoms. The van der Waals surface area contributed by atoms with Crippen LogP contribution in [0, 0.1) is 5.82 Å². The first-order valence-electron chi connectivity index (χ1n) is 5.12. The molecule has 0 unspecified atom stereocenters. The average Bonchev–Trinajstić information content (AvgIpc) is 2.85. The van der Waals surface area contributed by atoms with Crippen molar-refractivity contribution in [3.63, 3.8) is 0 Å². The highest BCUT2D eigenvalue weighted by Gasteiger charge is 2.01. The number of thiocarbonyl (C=S) groups is 1. The Morgan fingerprint density at radius 1 is 1.33 bits per heavy atom. The van der Waals surface area contributed by atoms with Crippen LogP contribution in [-0.2, 0) is 0 Å². The molecule has 0 aliphatic heterocycles. The third kappa shape index (κ3) is 3.61. The summed E-state index contributed by atoms with van der Waals surface area (Å²) in [6, 6.07) is 8.24. The van der Waals surface area contributed by atoms with Gasteiger partial charge in [0.25, 0.3) is 0 Å². The van der Waals surface area contributed by atoms with Crippen LogP contribution in [-0.4, -0.2) is 11.3 Å². The maximum atomic E-state index is 13.3. The number of rotatable bonds is 3. The van der Waals surface area contributed by atoms with Crippen molar-refractivity contribution in [3.05, 3.63) is 52.5 Å². The minimum Gasteiger partial charge on any atom is -0.329 e. The second-order valence-corrected chi connectivity index (χ2v) is 4.55. The van der Waals surface area contributed by atoms with Gasteiger partial charge in [-0.05, 0) is 41.2 Å². The summed E-state index contributed by atoms with van der Waals surface area (Å²) in [4.78, 5) is 0. The number of nitrogens with zero attached hydrogens (tertiary/aromatic N) is 1. The second kappa shape index (κ2) is 6.23. The molecule has 2 aromatic rings. The third-order valence-corrected chi connectivity index (χ3v) is 2.94. The largest absolute Gasteiger partial charge is 0.329 e. The van der Waals surface area contributed by atoms with Crippen LogP contribution in [0.5, 0.6) is 0 Å². The number of hydrogen-bond donors (Lipinski definition) is 2. The Morgan fingerprint density at radius 3 is 2.89 bits per heavy atom. The van der Waals surface area contributed by atoms with Gasteiger partial charge in [0.05, 0.1) is 11.9 Å². The van der Waals surface area contributed by atoms with Crippen molar-refractivity contribution in [2.24, 2.45) is 5.10 Å². The Morgan fingerprint density at radius 2 is 2.17 bits per heavy atom. The molecule has 0 saturated heterocycles. The average molecular weight is 279 g/mol. The van der Waals surface area contributed by atoms with E-state index in [0.29, 0.717) is 5.69 Å². The van der Waals surface area contributed by atoms with E-state index in [9.17, 15) is 4.39 Å². The standard InChI is InChI=1S/C12H10FN3S2/c13-10-3-1-2-4-11(10)15-12(17)16-14-7-9-5-6-18-8-9/h1-8H,(H2,15,16,17). The molecular weight excluding hydrogens is 269 g/mol. The van der Waals surface area contributed by atoms with E-state index < -0.39 is 0 Å². The number of halogens is 1. The third-order valence-electron chi connectivity index (χ3n) is 2.04. The van der Waals surface area contributed by atoms with Gasteiger partial charge in [-0.15, -0.1) is 0 Å². The number of hydrogen-bond acceptors (Lipinski definition) is 3. The molecule has 0 bridgehead atoms. The molecule has 0 saturated carbocycles. The van der Waals surface area contributed by atoms with E-state index in [1.807, 2.05) is 16.8 Å². The van der Waals surface area contributed by atoms with Gasteiger partial charge in [0, 0.05) is 5.56 Å². The van der Waals surface area contributed by atoms with Crippen molar-refractivity contribution in [3.8, 4) is 0 Å². The molecule has 0 fully saturated rings. The van der Waals surface area contributed by atoms with Crippen LogP contribution in [0.2, 0.25) is 0 Å². The molecule has 1 aromatic heterocycles. The number of para-hydroxylation sites is 1. The molecule has 6 heteroatoms. The van der Waals surface area contributed by atoms with Gasteiger partial charge >= 0.3 is 0 Å². The maximum absolute atomic E-state index is 13.3. The quantitative estimate of drug-likeness (QED) is 0.514. The first kappa shape index (κ1) is 12.7. The van der Waals surface area contributed by atoms with Crippen molar-refractivity contribution >= 4 is 40.6 Å². The molecule has 1 aromatic carbocycles. The SMILES string of the molecule is Fc1ccccc1NC(=S)NN=Cc1ccsc1. The van der Waals surface area contributed by atoms with Crippen LogP contribution in [0.4, 0.5) is 10.1 Å². The zero-order valence-corrected chi connectivity index (χ0v) is 10.9. The van der Waals surface area contributed by atoms with Crippen LogP contribution >= 0.6 is 23.6 Å². The summed E-state index contributed by atoms with van der Waals surface area (Å²) < 4.78 is 13.3. The summed E-state index contributed by atoms with van der Waals surface area (Å²) in [5.74, 6) is -0.358. The smallest absolute Gasteiger partial charge is 0.191 e. The van der Waals surface area contributed by atoms with Crippen molar-refractivity contribution in [1.82, 2.24) is 5.43 Å². The highest BCUT2D eigenvalue weighted by molar-refractivity contribution is 7.80. The zero-order chi connectivity index (χ0) is 12.8. The van der Waals surface area contributed by atoms with E-state index in [1.165, 1.54) is 6.07 Å². The molecule has 0 radical (unpaired) electrons. The molecule has 0 amide bonds. The van der Waals surface area contributed by atoms with Gasteiger partial charge < -0.3 is 5.32 Å². The number of benzene rings is 1. The van der Waals surface area contributed by atoms with E-state index in [4.69, 9.17) is 12.2 Å². The zero-order valence-electron chi connectivity index (χ0n) is 9.26. The summed E-state index contributed by atoms with van der Waals surface area (Å²) >= 11 is 6.58. The van der Waals surface area contributed by atoms with Gasteiger partial charge in [0.1, 0.15) is 5.82 Å². The van der Waals surface area contributed by atoms with Gasteiger partial charge in [-0.25, -0.2) is 4.39 Å². The first-order valence-corrected chi connectivity index (χ1v) is 6.47. The summed E-state index contributed by atoms with van der Waals surface area (Å²) in [5, 5.41) is 10.8. The Balaban J connectivity index is 1.88. The summed E-state index contributed by atoms with van der Waals surface area (Å²) in [6.07, 6.45) is 1.64. The minimum atomic E-state index is -0.358. The Labute approximate surface area is 113 Å². The number of thiophene rings is 1. The molecule has 0 atom stereocenters. The predicted octanol–water partition coefficient (Wildman–Crippen LogP) is 3.21. The fraction of sp³-hybridized carbons (Fsp3) is 0. The Hall–Kier alpha value is -1.79. The molecule has 1 heterocycles. The summed E-state index contributed by atoms with van der Waals surface area (Å²) in [7, 11) is 0. The van der Waals surface area contributed by atoms with Crippen molar-refractivity contribution in [2.45, 2.75) is 0 Å². The van der Waals surface area contributed by atoms with E-state index in [2.05, 4.69) is 15.8 Å². The fourth-order valence-corrected chi connectivity index (χ4v) is 2.00. The molecule has 92 valence electrons. The summed E-state index contributed by atoms with van der Waals surface area (Å²) in [6.45, 7) is 0. The molecular formula is C12H10FN3S2. The molecule has 2 N–H and O–H groups in total. The lowest BCUT2D eigenvalue weighted by atomic mass is 10.3. The summed E-state index contributed by atoms with van der Waals surface area (Å²) in [5.41, 5.74) is 3.93. The van der Waals surface area contributed by atoms with Gasteiger partial charge in [0.2, 0.25) is 0 Å². The van der Waals surface area contributed by atoms with Gasteiger partial charge in [-0.2, -0.15) is 16.4 Å². The van der Waals surface area contributed by atoms with Crippen LogP contribution < -0.4 is 10.7 Å². The molecule has 2 rings (SSSR count). The van der Waals surface area contributed by atoms with Crippen LogP contribution in [0.1, 0.15) is 5.56 Å². The van der Waals surface area contributed by atoms with Crippen LogP contribution in [0.15, 0.2) is 46.2 Å². The van der Waals surface area contributed by atoms with Crippen molar-refractivity contribution < 1.29 is 4.39 Å². The Kier molecular flexibility index (Phi) is 4.38. The Bertz CT molecular complexity index is 552. The highest BCUT2D eigenvalue weighted by Crippen LogP contribution is 2.11. The van der Waals surface area contributed by atoms with Crippen LogP contribution in [0.25, 0.3) is 0 Å². The van der Waals surface area contributed by atoms with Gasteiger partial charge in [-0.1, -0.05) is 12.1 Å². The molecule has 0 aliphatic carbocycles. The second-order valence-electron chi connectivity index (χ2n) is 3.36. The minimum absolute atomic E-state index is 0.242. The lowest BCUT2D eigenvalue weighted by Crippen LogP contribution is -2.24. The van der Waals surface area contributed by atoms with E-state index in [-0.39, 0.29) is 10.9 Å².